The van der Waals surface area contributed by atoms with Crippen LogP contribution in [0, 0.1) is 5.92 Å². The van der Waals surface area contributed by atoms with Gasteiger partial charge in [0, 0.05) is 11.7 Å². The van der Waals surface area contributed by atoms with Gasteiger partial charge in [0.05, 0.1) is 0 Å². The summed E-state index contributed by atoms with van der Waals surface area (Å²) >= 11 is 3.15. The Morgan fingerprint density at radius 2 is 2.09 bits per heavy atom. The first kappa shape index (κ1) is 17.9. The van der Waals surface area contributed by atoms with Crippen LogP contribution in [-0.2, 0) is 11.2 Å². The fraction of sp³-hybridized carbons (Fsp3) is 0.471. The summed E-state index contributed by atoms with van der Waals surface area (Å²) in [5.41, 5.74) is 1.36. The van der Waals surface area contributed by atoms with Crippen molar-refractivity contribution in [2.24, 2.45) is 5.92 Å². The smallest absolute Gasteiger partial charge is 0.229 e. The van der Waals surface area contributed by atoms with Crippen LogP contribution in [0.5, 0.6) is 0 Å². The van der Waals surface area contributed by atoms with Gasteiger partial charge in [-0.2, -0.15) is 0 Å². The first-order chi connectivity index (χ1) is 11.2. The van der Waals surface area contributed by atoms with E-state index in [0.29, 0.717) is 5.13 Å². The summed E-state index contributed by atoms with van der Waals surface area (Å²) in [5, 5.41) is 11.6. The van der Waals surface area contributed by atoms with Crippen LogP contribution in [0.2, 0.25) is 0 Å². The zero-order chi connectivity index (χ0) is 16.5. The average Bonchev–Trinajstić information content (AvgIpc) is 3.00. The quantitative estimate of drug-likeness (QED) is 0.407. The highest BCUT2D eigenvalue weighted by atomic mass is 32.2. The molecule has 0 spiro atoms. The SMILES string of the molecule is CCCC(C)C(=O)Nc1nnc(SCCCc2ccccc2)s1. The Labute approximate surface area is 146 Å². The Balaban J connectivity index is 1.71. The third-order valence-electron chi connectivity index (χ3n) is 3.48. The minimum atomic E-state index is 0.0193. The minimum absolute atomic E-state index is 0.0193. The van der Waals surface area contributed by atoms with Crippen molar-refractivity contribution in [2.45, 2.75) is 43.9 Å². The lowest BCUT2D eigenvalue weighted by Crippen LogP contribution is -2.20. The van der Waals surface area contributed by atoms with E-state index in [1.807, 2.05) is 13.0 Å². The second-order valence-electron chi connectivity index (χ2n) is 5.49. The number of hydrogen-bond acceptors (Lipinski definition) is 5. The predicted molar refractivity (Wildman–Crippen MR) is 98.1 cm³/mol. The van der Waals surface area contributed by atoms with E-state index in [2.05, 4.69) is 46.7 Å². The minimum Gasteiger partial charge on any atom is -0.300 e. The van der Waals surface area contributed by atoms with Crippen molar-refractivity contribution in [3.63, 3.8) is 0 Å². The summed E-state index contributed by atoms with van der Waals surface area (Å²) in [4.78, 5) is 11.9. The molecule has 0 bridgehead atoms. The van der Waals surface area contributed by atoms with Gasteiger partial charge in [0.1, 0.15) is 0 Å². The van der Waals surface area contributed by atoms with Gasteiger partial charge in [-0.05, 0) is 24.8 Å². The summed E-state index contributed by atoms with van der Waals surface area (Å²) in [5.74, 6) is 1.05. The van der Waals surface area contributed by atoms with Gasteiger partial charge >= 0.3 is 0 Å². The average molecular weight is 350 g/mol. The Morgan fingerprint density at radius 1 is 1.30 bits per heavy atom. The number of hydrogen-bond donors (Lipinski definition) is 1. The van der Waals surface area contributed by atoms with Crippen molar-refractivity contribution in [1.29, 1.82) is 0 Å². The van der Waals surface area contributed by atoms with Crippen LogP contribution in [0.3, 0.4) is 0 Å². The van der Waals surface area contributed by atoms with E-state index in [1.165, 1.54) is 16.9 Å². The number of thioether (sulfide) groups is 1. The molecule has 2 rings (SSSR count). The van der Waals surface area contributed by atoms with Crippen LogP contribution in [0.15, 0.2) is 34.7 Å². The molecule has 23 heavy (non-hydrogen) atoms. The van der Waals surface area contributed by atoms with Gasteiger partial charge < -0.3 is 5.32 Å². The lowest BCUT2D eigenvalue weighted by Gasteiger charge is -2.07. The summed E-state index contributed by atoms with van der Waals surface area (Å²) in [6.07, 6.45) is 4.08. The molecule has 124 valence electrons. The number of aryl methyl sites for hydroxylation is 1. The van der Waals surface area contributed by atoms with Gasteiger partial charge in [0.25, 0.3) is 0 Å². The van der Waals surface area contributed by atoms with Gasteiger partial charge in [-0.3, -0.25) is 4.79 Å². The number of aromatic nitrogens is 2. The molecule has 0 saturated carbocycles. The second-order valence-corrected chi connectivity index (χ2v) is 7.81. The molecule has 1 amide bonds. The van der Waals surface area contributed by atoms with E-state index in [9.17, 15) is 4.79 Å². The van der Waals surface area contributed by atoms with E-state index < -0.39 is 0 Å². The van der Waals surface area contributed by atoms with Gasteiger partial charge in [-0.25, -0.2) is 0 Å². The largest absolute Gasteiger partial charge is 0.300 e. The number of anilines is 1. The lowest BCUT2D eigenvalue weighted by atomic mass is 10.1. The number of carbonyl (C=O) groups is 1. The Hall–Kier alpha value is -1.40. The predicted octanol–water partition coefficient (Wildman–Crippen LogP) is 4.64. The third-order valence-corrected chi connectivity index (χ3v) is 5.54. The van der Waals surface area contributed by atoms with Crippen molar-refractivity contribution in [2.75, 3.05) is 11.1 Å². The number of carbonyl (C=O) groups excluding carboxylic acids is 1. The molecule has 1 unspecified atom stereocenters. The van der Waals surface area contributed by atoms with E-state index >= 15 is 0 Å². The fourth-order valence-corrected chi connectivity index (χ4v) is 3.96. The van der Waals surface area contributed by atoms with Gasteiger partial charge in [0.15, 0.2) is 4.34 Å². The van der Waals surface area contributed by atoms with Crippen LogP contribution in [0.4, 0.5) is 5.13 Å². The molecular weight excluding hydrogens is 326 g/mol. The maximum absolute atomic E-state index is 11.9. The molecule has 4 nitrogen and oxygen atoms in total. The molecule has 0 saturated heterocycles. The summed E-state index contributed by atoms with van der Waals surface area (Å²) in [7, 11) is 0. The zero-order valence-corrected chi connectivity index (χ0v) is 15.3. The number of rotatable bonds is 9. The van der Waals surface area contributed by atoms with Crippen LogP contribution in [0.1, 0.15) is 38.7 Å². The van der Waals surface area contributed by atoms with E-state index in [1.54, 1.807) is 11.8 Å². The molecule has 1 atom stereocenters. The molecule has 0 radical (unpaired) electrons. The molecule has 1 N–H and O–H groups in total. The lowest BCUT2D eigenvalue weighted by molar-refractivity contribution is -0.119. The Kier molecular flexibility index (Phi) is 7.55. The molecule has 0 aliphatic rings. The standard InChI is InChI=1S/C17H23N3OS2/c1-3-8-13(2)15(21)18-16-19-20-17(23-16)22-12-7-11-14-9-5-4-6-10-14/h4-6,9-10,13H,3,7-8,11-12H2,1-2H3,(H,18,19,21). The Morgan fingerprint density at radius 3 is 2.83 bits per heavy atom. The molecule has 1 heterocycles. The van der Waals surface area contributed by atoms with Crippen LogP contribution in [-0.4, -0.2) is 21.9 Å². The highest BCUT2D eigenvalue weighted by Crippen LogP contribution is 2.26. The van der Waals surface area contributed by atoms with Crippen molar-refractivity contribution < 1.29 is 4.79 Å². The highest BCUT2D eigenvalue weighted by molar-refractivity contribution is 8.01. The van der Waals surface area contributed by atoms with Gasteiger partial charge in [-0.15, -0.1) is 10.2 Å². The number of benzene rings is 1. The first-order valence-corrected chi connectivity index (χ1v) is 9.80. The molecule has 1 aromatic carbocycles. The molecule has 1 aromatic heterocycles. The van der Waals surface area contributed by atoms with E-state index in [0.717, 1.165) is 35.8 Å². The van der Waals surface area contributed by atoms with Crippen LogP contribution < -0.4 is 5.32 Å². The van der Waals surface area contributed by atoms with Crippen molar-refractivity contribution >= 4 is 34.1 Å². The van der Waals surface area contributed by atoms with Gasteiger partial charge in [0.2, 0.25) is 11.0 Å². The summed E-state index contributed by atoms with van der Waals surface area (Å²) in [6, 6.07) is 10.5. The zero-order valence-electron chi connectivity index (χ0n) is 13.6. The van der Waals surface area contributed by atoms with Crippen LogP contribution >= 0.6 is 23.1 Å². The molecule has 0 aliphatic heterocycles. The first-order valence-electron chi connectivity index (χ1n) is 8.00. The Bertz CT molecular complexity index is 601. The number of nitrogens with one attached hydrogen (secondary N) is 1. The second kappa shape index (κ2) is 9.67. The fourth-order valence-electron chi connectivity index (χ4n) is 2.19. The van der Waals surface area contributed by atoms with Crippen LogP contribution in [0.25, 0.3) is 0 Å². The maximum Gasteiger partial charge on any atom is 0.229 e. The third kappa shape index (κ3) is 6.31. The normalized spacial score (nSPS) is 12.1. The van der Waals surface area contributed by atoms with Crippen molar-refractivity contribution in [1.82, 2.24) is 10.2 Å². The monoisotopic (exact) mass is 349 g/mol. The molecule has 6 heteroatoms. The maximum atomic E-state index is 11.9. The highest BCUT2D eigenvalue weighted by Gasteiger charge is 2.14. The molecular formula is C17H23N3OS2. The van der Waals surface area contributed by atoms with Crippen molar-refractivity contribution in [3.8, 4) is 0 Å². The van der Waals surface area contributed by atoms with E-state index in [4.69, 9.17) is 0 Å². The number of nitrogens with zero attached hydrogens (tertiary/aromatic N) is 2. The van der Waals surface area contributed by atoms with Gasteiger partial charge in [-0.1, -0.05) is 73.7 Å². The molecule has 0 aliphatic carbocycles. The molecule has 0 fully saturated rings. The topological polar surface area (TPSA) is 54.9 Å². The summed E-state index contributed by atoms with van der Waals surface area (Å²) in [6.45, 7) is 4.03. The van der Waals surface area contributed by atoms with E-state index in [-0.39, 0.29) is 11.8 Å². The molecule has 2 aromatic rings. The summed E-state index contributed by atoms with van der Waals surface area (Å²) < 4.78 is 0.913. The number of amides is 1. The van der Waals surface area contributed by atoms with Crippen molar-refractivity contribution in [3.05, 3.63) is 35.9 Å².